The number of hydrogen-bond donors (Lipinski definition) is 3. The number of phenols is 1. The summed E-state index contributed by atoms with van der Waals surface area (Å²) in [6.07, 6.45) is 0. The van der Waals surface area contributed by atoms with Gasteiger partial charge >= 0.3 is 0 Å². The van der Waals surface area contributed by atoms with E-state index in [9.17, 15) is 27.5 Å². The zero-order valence-corrected chi connectivity index (χ0v) is 18.7. The average Bonchev–Trinajstić information content (AvgIpc) is 2.76. The predicted molar refractivity (Wildman–Crippen MR) is 118 cm³/mol. The number of sulfonamides is 1. The normalized spacial score (nSPS) is 12.8. The molecule has 0 fully saturated rings. The molecule has 0 aliphatic heterocycles. The number of benzene rings is 2. The molecule has 3 rings (SSSR count). The van der Waals surface area contributed by atoms with Crippen molar-refractivity contribution in [3.63, 3.8) is 0 Å². The Hall–Kier alpha value is -2.99. The molecule has 0 saturated heterocycles. The maximum atomic E-state index is 13.1. The van der Waals surface area contributed by atoms with E-state index in [0.717, 1.165) is 14.2 Å². The Morgan fingerprint density at radius 2 is 1.69 bits per heavy atom. The van der Waals surface area contributed by atoms with Gasteiger partial charge in [-0.1, -0.05) is 28.2 Å². The molecular weight excluding hydrogens is 465 g/mol. The van der Waals surface area contributed by atoms with Crippen LogP contribution < -0.4 is 21.5 Å². The molecule has 3 aromatic rings. The lowest BCUT2D eigenvalue weighted by atomic mass is 10.1. The van der Waals surface area contributed by atoms with Gasteiger partial charge in [-0.25, -0.2) is 12.8 Å². The summed E-state index contributed by atoms with van der Waals surface area (Å²) in [6.45, 7) is 1.71. The van der Waals surface area contributed by atoms with E-state index in [-0.39, 0.29) is 22.1 Å². The number of halogens is 2. The maximum absolute atomic E-state index is 13.1. The van der Waals surface area contributed by atoms with Crippen molar-refractivity contribution in [3.8, 4) is 5.75 Å². The van der Waals surface area contributed by atoms with Gasteiger partial charge < -0.3 is 15.7 Å². The fourth-order valence-corrected chi connectivity index (χ4v) is 4.52. The summed E-state index contributed by atoms with van der Waals surface area (Å²) in [5, 5.41) is 15.8. The molecule has 0 spiro atoms. The molecule has 12 heteroatoms. The van der Waals surface area contributed by atoms with Gasteiger partial charge in [-0.05, 0) is 36.8 Å². The van der Waals surface area contributed by atoms with Crippen molar-refractivity contribution in [1.82, 2.24) is 4.47 Å². The Bertz CT molecular complexity index is 1340. The van der Waals surface area contributed by atoms with Crippen molar-refractivity contribution in [2.45, 2.75) is 17.9 Å². The minimum Gasteiger partial charge on any atom is -0.504 e. The Kier molecular flexibility index (Phi) is 6.56. The van der Waals surface area contributed by atoms with Crippen LogP contribution in [0.3, 0.4) is 0 Å². The van der Waals surface area contributed by atoms with Crippen LogP contribution in [0.25, 0.3) is 0 Å². The van der Waals surface area contributed by atoms with Crippen molar-refractivity contribution < 1.29 is 22.8 Å². The van der Waals surface area contributed by atoms with Crippen LogP contribution in [0.4, 0.5) is 21.5 Å². The summed E-state index contributed by atoms with van der Waals surface area (Å²) in [4.78, 5) is 28.3. The molecule has 0 bridgehead atoms. The van der Waals surface area contributed by atoms with E-state index in [1.54, 1.807) is 6.92 Å². The van der Waals surface area contributed by atoms with Gasteiger partial charge in [0.05, 0.1) is 17.8 Å². The van der Waals surface area contributed by atoms with Gasteiger partial charge in [-0.3, -0.25) is 14.4 Å². The van der Waals surface area contributed by atoms with Crippen LogP contribution in [0.15, 0.2) is 50.9 Å². The van der Waals surface area contributed by atoms with E-state index in [1.165, 1.54) is 36.4 Å². The minimum absolute atomic E-state index is 0.0559. The van der Waals surface area contributed by atoms with Crippen LogP contribution in [0.2, 0.25) is 5.02 Å². The monoisotopic (exact) mass is 483 g/mol. The molecule has 0 aromatic heterocycles. The van der Waals surface area contributed by atoms with E-state index < -0.39 is 43.4 Å². The third kappa shape index (κ3) is 4.19. The Balaban J connectivity index is 1.95. The maximum Gasteiger partial charge on any atom is 0.269 e. The lowest BCUT2D eigenvalue weighted by Crippen LogP contribution is -2.37. The first-order valence-electron chi connectivity index (χ1n) is 9.15. The van der Waals surface area contributed by atoms with Gasteiger partial charge in [0.2, 0.25) is 0 Å². The highest BCUT2D eigenvalue weighted by Gasteiger charge is 2.30. The summed E-state index contributed by atoms with van der Waals surface area (Å²) in [6, 6.07) is 7.59. The summed E-state index contributed by atoms with van der Waals surface area (Å²) >= 11 is 5.98. The number of hydroxylamine groups is 1. The van der Waals surface area contributed by atoms with Gasteiger partial charge in [0.1, 0.15) is 22.1 Å². The molecule has 0 aliphatic rings. The molecular formula is C20H19ClFN3O6S. The molecule has 3 N–H and O–H groups in total. The number of aromatic hydroxyl groups is 1. The van der Waals surface area contributed by atoms with Gasteiger partial charge in [0.15, 0.2) is 5.75 Å². The molecule has 0 aliphatic carbocycles. The smallest absolute Gasteiger partial charge is 0.269 e. The molecule has 0 radical (unpaired) electrons. The molecule has 1 atom stereocenters. The Morgan fingerprint density at radius 3 is 2.28 bits per heavy atom. The largest absolute Gasteiger partial charge is 0.504 e. The predicted octanol–water partition coefficient (Wildman–Crippen LogP) is 2.88. The highest BCUT2D eigenvalue weighted by Crippen LogP contribution is 2.40. The Labute approximate surface area is 187 Å². The second-order valence-corrected chi connectivity index (χ2v) is 9.10. The van der Waals surface area contributed by atoms with E-state index in [4.69, 9.17) is 11.6 Å². The third-order valence-electron chi connectivity index (χ3n) is 4.84. The van der Waals surface area contributed by atoms with Crippen molar-refractivity contribution in [2.75, 3.05) is 24.8 Å². The van der Waals surface area contributed by atoms with Crippen LogP contribution in [0, 0.1) is 5.82 Å². The van der Waals surface area contributed by atoms with Crippen LogP contribution in [-0.4, -0.2) is 32.2 Å². The minimum atomic E-state index is -4.32. The number of nitrogens with zero attached hydrogens (tertiary/aromatic N) is 1. The van der Waals surface area contributed by atoms with Gasteiger partial charge in [-0.15, -0.1) is 0 Å². The molecule has 170 valence electrons. The second kappa shape index (κ2) is 8.87. The zero-order valence-electron chi connectivity index (χ0n) is 17.1. The molecule has 0 unspecified atom stereocenters. The molecule has 0 amide bonds. The van der Waals surface area contributed by atoms with Gasteiger partial charge in [0, 0.05) is 13.1 Å². The van der Waals surface area contributed by atoms with Gasteiger partial charge in [0.25, 0.3) is 20.9 Å². The molecule has 32 heavy (non-hydrogen) atoms. The second-order valence-electron chi connectivity index (χ2n) is 6.82. The van der Waals surface area contributed by atoms with E-state index in [1.807, 2.05) is 0 Å². The molecule has 9 nitrogen and oxygen atoms in total. The first kappa shape index (κ1) is 23.7. The van der Waals surface area contributed by atoms with Crippen LogP contribution in [-0.2, 0) is 14.9 Å². The van der Waals surface area contributed by atoms with Crippen LogP contribution in [0.1, 0.15) is 18.5 Å². The number of nitrogens with one attached hydrogen (secondary N) is 2. The SMILES string of the molecule is CON(C)S(=O)(=O)c1c(Cl)ccc(Nc2c(N[C@H](C)c3ccc(F)cc3)c(=O)c2=O)c1O. The topological polar surface area (TPSA) is 125 Å². The van der Waals surface area contributed by atoms with Crippen molar-refractivity contribution in [3.05, 3.63) is 73.2 Å². The first-order valence-corrected chi connectivity index (χ1v) is 11.0. The highest BCUT2D eigenvalue weighted by atomic mass is 35.5. The average molecular weight is 484 g/mol. The fourth-order valence-electron chi connectivity index (χ4n) is 2.95. The summed E-state index contributed by atoms with van der Waals surface area (Å²) in [5.74, 6) is -1.17. The summed E-state index contributed by atoms with van der Waals surface area (Å²) in [5.41, 5.74) is -1.36. The number of anilines is 3. The number of hydrogen-bond acceptors (Lipinski definition) is 8. The van der Waals surface area contributed by atoms with E-state index in [2.05, 4.69) is 15.5 Å². The third-order valence-corrected chi connectivity index (χ3v) is 7.02. The first-order chi connectivity index (χ1) is 15.0. The fraction of sp³-hybridized carbons (Fsp3) is 0.200. The quantitative estimate of drug-likeness (QED) is 0.254. The number of phenolic OH excluding ortho intramolecular Hbond substituents is 1. The standard InChI is InChI=1S/C20H19ClFN3O6S/c1-10(11-4-6-12(22)7-5-11)23-15-16(19(28)18(15)27)24-14-9-8-13(21)20(17(14)26)32(29,30)25(2)31-3/h4-10,23-24,26H,1-3H3/t10-/m1/s1. The number of rotatable bonds is 8. The molecule has 0 heterocycles. The van der Waals surface area contributed by atoms with Crippen LogP contribution in [0.5, 0.6) is 5.75 Å². The Morgan fingerprint density at radius 1 is 1.09 bits per heavy atom. The van der Waals surface area contributed by atoms with Crippen molar-refractivity contribution >= 4 is 38.7 Å². The lowest BCUT2D eigenvalue weighted by Gasteiger charge is -2.21. The van der Waals surface area contributed by atoms with Crippen LogP contribution >= 0.6 is 11.6 Å². The lowest BCUT2D eigenvalue weighted by molar-refractivity contribution is -0.0259. The van der Waals surface area contributed by atoms with Crippen molar-refractivity contribution in [1.29, 1.82) is 0 Å². The van der Waals surface area contributed by atoms with E-state index in [0.29, 0.717) is 10.0 Å². The summed E-state index contributed by atoms with van der Waals surface area (Å²) < 4.78 is 38.8. The molecule has 3 aromatic carbocycles. The molecule has 0 saturated carbocycles. The zero-order chi connectivity index (χ0) is 23.8. The summed E-state index contributed by atoms with van der Waals surface area (Å²) in [7, 11) is -2.09. The van der Waals surface area contributed by atoms with Crippen molar-refractivity contribution in [2.24, 2.45) is 0 Å². The van der Waals surface area contributed by atoms with E-state index >= 15 is 0 Å². The van der Waals surface area contributed by atoms with Gasteiger partial charge in [-0.2, -0.15) is 0 Å². The highest BCUT2D eigenvalue weighted by molar-refractivity contribution is 7.89.